The first-order chi connectivity index (χ1) is 12.0. The molecule has 0 bridgehead atoms. The van der Waals surface area contributed by atoms with Gasteiger partial charge in [-0.15, -0.1) is 0 Å². The van der Waals surface area contributed by atoms with Crippen molar-refractivity contribution in [2.75, 3.05) is 11.9 Å². The molecule has 126 valence electrons. The number of rotatable bonds is 3. The molecule has 25 heavy (non-hydrogen) atoms. The molecule has 4 nitrogen and oxygen atoms in total. The molecule has 0 saturated heterocycles. The van der Waals surface area contributed by atoms with Gasteiger partial charge in [0.25, 0.3) is 5.91 Å². The molecule has 3 rings (SSSR count). The van der Waals surface area contributed by atoms with Crippen molar-refractivity contribution in [3.63, 3.8) is 0 Å². The minimum absolute atomic E-state index is 0.176. The van der Waals surface area contributed by atoms with Gasteiger partial charge in [-0.1, -0.05) is 47.5 Å². The Balaban J connectivity index is 2.05. The van der Waals surface area contributed by atoms with Crippen LogP contribution in [0.1, 0.15) is 15.9 Å². The first-order valence-electron chi connectivity index (χ1n) is 7.58. The summed E-state index contributed by atoms with van der Waals surface area (Å²) in [5.74, 6) is -0.242. The van der Waals surface area contributed by atoms with Gasteiger partial charge in [-0.25, -0.2) is 4.98 Å². The van der Waals surface area contributed by atoms with Crippen molar-refractivity contribution in [2.45, 2.75) is 6.92 Å². The lowest BCUT2D eigenvalue weighted by molar-refractivity contribution is 0.0993. The molecular formula is C19H15Cl2N3O. The van der Waals surface area contributed by atoms with Crippen molar-refractivity contribution in [1.82, 2.24) is 9.97 Å². The molecule has 1 amide bonds. The van der Waals surface area contributed by atoms with E-state index in [4.69, 9.17) is 23.2 Å². The standard InChI is InChI=1S/C19H15Cl2N3O/c1-12-5-3-4-6-14(12)15-7-8-22-11-16(15)24(2)19(25)13-9-17(20)23-18(21)10-13/h3-11H,1-2H3. The van der Waals surface area contributed by atoms with Gasteiger partial charge in [0.15, 0.2) is 0 Å². The van der Waals surface area contributed by atoms with Crippen LogP contribution in [0.5, 0.6) is 0 Å². The number of benzene rings is 1. The topological polar surface area (TPSA) is 46.1 Å². The molecule has 0 unspecified atom stereocenters. The highest BCUT2D eigenvalue weighted by molar-refractivity contribution is 6.33. The van der Waals surface area contributed by atoms with Gasteiger partial charge in [0.05, 0.1) is 11.9 Å². The number of halogens is 2. The van der Waals surface area contributed by atoms with E-state index >= 15 is 0 Å². The van der Waals surface area contributed by atoms with Crippen molar-refractivity contribution in [2.24, 2.45) is 0 Å². The third kappa shape index (κ3) is 3.65. The quantitative estimate of drug-likeness (QED) is 0.606. The van der Waals surface area contributed by atoms with Crippen molar-refractivity contribution < 1.29 is 4.79 Å². The largest absolute Gasteiger partial charge is 0.309 e. The van der Waals surface area contributed by atoms with Gasteiger partial charge in [0, 0.05) is 24.4 Å². The maximum atomic E-state index is 12.9. The Morgan fingerprint density at radius 3 is 2.40 bits per heavy atom. The van der Waals surface area contributed by atoms with Crippen molar-refractivity contribution in [3.05, 3.63) is 76.3 Å². The molecule has 0 radical (unpaired) electrons. The number of carbonyl (C=O) groups excluding carboxylic acids is 1. The molecule has 2 aromatic heterocycles. The number of nitrogens with zero attached hydrogens (tertiary/aromatic N) is 3. The minimum atomic E-state index is -0.242. The Kier molecular flexibility index (Phi) is 5.02. The smallest absolute Gasteiger partial charge is 0.258 e. The zero-order valence-corrected chi connectivity index (χ0v) is 15.2. The third-order valence-corrected chi connectivity index (χ3v) is 4.30. The summed E-state index contributed by atoms with van der Waals surface area (Å²) in [6.07, 6.45) is 3.38. The van der Waals surface area contributed by atoms with Crippen LogP contribution in [-0.2, 0) is 0 Å². The Morgan fingerprint density at radius 2 is 1.72 bits per heavy atom. The molecule has 0 N–H and O–H groups in total. The fourth-order valence-corrected chi connectivity index (χ4v) is 3.11. The SMILES string of the molecule is Cc1ccccc1-c1ccncc1N(C)C(=O)c1cc(Cl)nc(Cl)c1. The van der Waals surface area contributed by atoms with E-state index in [1.165, 1.54) is 17.0 Å². The number of pyridine rings is 2. The van der Waals surface area contributed by atoms with E-state index in [2.05, 4.69) is 9.97 Å². The predicted molar refractivity (Wildman–Crippen MR) is 101 cm³/mol. The van der Waals surface area contributed by atoms with Crippen molar-refractivity contribution >= 4 is 34.8 Å². The summed E-state index contributed by atoms with van der Waals surface area (Å²) in [5, 5.41) is 0.351. The van der Waals surface area contributed by atoms with Gasteiger partial charge in [-0.05, 0) is 36.2 Å². The Labute approximate surface area is 156 Å². The number of carbonyl (C=O) groups is 1. The second-order valence-corrected chi connectivity index (χ2v) is 6.35. The molecule has 0 aliphatic carbocycles. The summed E-state index contributed by atoms with van der Waals surface area (Å²) in [4.78, 5) is 22.5. The number of hydrogen-bond acceptors (Lipinski definition) is 3. The van der Waals surface area contributed by atoms with Gasteiger partial charge in [-0.3, -0.25) is 9.78 Å². The van der Waals surface area contributed by atoms with Crippen molar-refractivity contribution in [1.29, 1.82) is 0 Å². The van der Waals surface area contributed by atoms with Crippen LogP contribution >= 0.6 is 23.2 Å². The van der Waals surface area contributed by atoms with E-state index in [-0.39, 0.29) is 16.2 Å². The average molecular weight is 372 g/mol. The fraction of sp³-hybridized carbons (Fsp3) is 0.105. The Bertz CT molecular complexity index is 923. The van der Waals surface area contributed by atoms with Crippen LogP contribution < -0.4 is 4.90 Å². The van der Waals surface area contributed by atoms with E-state index in [1.807, 2.05) is 37.3 Å². The van der Waals surface area contributed by atoms with Crippen LogP contribution in [0.4, 0.5) is 5.69 Å². The molecule has 0 saturated carbocycles. The number of anilines is 1. The number of amides is 1. The monoisotopic (exact) mass is 371 g/mol. The normalized spacial score (nSPS) is 10.6. The summed E-state index contributed by atoms with van der Waals surface area (Å²) < 4.78 is 0. The lowest BCUT2D eigenvalue weighted by Crippen LogP contribution is -2.27. The maximum Gasteiger partial charge on any atom is 0.258 e. The molecule has 0 aliphatic rings. The molecule has 0 aliphatic heterocycles. The highest BCUT2D eigenvalue weighted by Gasteiger charge is 2.19. The molecule has 1 aromatic carbocycles. The lowest BCUT2D eigenvalue weighted by atomic mass is 10.00. The van der Waals surface area contributed by atoms with Crippen LogP contribution in [0.15, 0.2) is 54.9 Å². The first-order valence-corrected chi connectivity index (χ1v) is 8.34. The predicted octanol–water partition coefficient (Wildman–Crippen LogP) is 5.04. The molecule has 0 spiro atoms. The van der Waals surface area contributed by atoms with Crippen LogP contribution in [-0.4, -0.2) is 22.9 Å². The summed E-state index contributed by atoms with van der Waals surface area (Å²) in [6.45, 7) is 2.03. The molecule has 0 fully saturated rings. The van der Waals surface area contributed by atoms with Crippen LogP contribution in [0.3, 0.4) is 0 Å². The fourth-order valence-electron chi connectivity index (χ4n) is 2.65. The summed E-state index contributed by atoms with van der Waals surface area (Å²) in [5.41, 5.74) is 4.16. The van der Waals surface area contributed by atoms with Crippen LogP contribution in [0.25, 0.3) is 11.1 Å². The lowest BCUT2D eigenvalue weighted by Gasteiger charge is -2.21. The number of hydrogen-bond donors (Lipinski definition) is 0. The van der Waals surface area contributed by atoms with Gasteiger partial charge in [0.2, 0.25) is 0 Å². The first kappa shape index (κ1) is 17.4. The molecule has 2 heterocycles. The van der Waals surface area contributed by atoms with Crippen LogP contribution in [0.2, 0.25) is 10.3 Å². The molecule has 6 heteroatoms. The summed E-state index contributed by atoms with van der Waals surface area (Å²) >= 11 is 11.8. The average Bonchev–Trinajstić information content (AvgIpc) is 2.60. The molecule has 3 aromatic rings. The third-order valence-electron chi connectivity index (χ3n) is 3.91. The Morgan fingerprint density at radius 1 is 1.04 bits per heavy atom. The van der Waals surface area contributed by atoms with E-state index in [9.17, 15) is 4.79 Å². The number of aryl methyl sites for hydroxylation is 1. The second-order valence-electron chi connectivity index (χ2n) is 5.57. The van der Waals surface area contributed by atoms with Gasteiger partial charge >= 0.3 is 0 Å². The zero-order valence-electron chi connectivity index (χ0n) is 13.7. The number of aromatic nitrogens is 2. The maximum absolute atomic E-state index is 12.9. The Hall–Kier alpha value is -2.43. The van der Waals surface area contributed by atoms with E-state index in [1.54, 1.807) is 19.4 Å². The van der Waals surface area contributed by atoms with Crippen LogP contribution in [0, 0.1) is 6.92 Å². The molecule has 0 atom stereocenters. The highest BCUT2D eigenvalue weighted by Crippen LogP contribution is 2.32. The van der Waals surface area contributed by atoms with Gasteiger partial charge in [0.1, 0.15) is 10.3 Å². The summed E-state index contributed by atoms with van der Waals surface area (Å²) in [6, 6.07) is 12.9. The van der Waals surface area contributed by atoms with Gasteiger partial charge < -0.3 is 4.90 Å². The van der Waals surface area contributed by atoms with E-state index < -0.39 is 0 Å². The zero-order chi connectivity index (χ0) is 18.0. The second kappa shape index (κ2) is 7.21. The van der Waals surface area contributed by atoms with Gasteiger partial charge in [-0.2, -0.15) is 0 Å². The highest BCUT2D eigenvalue weighted by atomic mass is 35.5. The minimum Gasteiger partial charge on any atom is -0.309 e. The summed E-state index contributed by atoms with van der Waals surface area (Å²) in [7, 11) is 1.70. The van der Waals surface area contributed by atoms with E-state index in [0.29, 0.717) is 11.3 Å². The van der Waals surface area contributed by atoms with Crippen molar-refractivity contribution in [3.8, 4) is 11.1 Å². The van der Waals surface area contributed by atoms with E-state index in [0.717, 1.165) is 16.7 Å². The molecular weight excluding hydrogens is 357 g/mol.